The number of esters is 2. The Morgan fingerprint density at radius 3 is 1.85 bits per heavy atom. The maximum Gasteiger partial charge on any atom is 1.00 e. The quantitative estimate of drug-likeness (QED) is 0.121. The first-order chi connectivity index (χ1) is 11.3. The molecule has 1 atom stereocenters. The maximum atomic E-state index is 11.7. The molecule has 0 heterocycles. The number of ether oxygens (including phenoxy) is 2. The van der Waals surface area contributed by atoms with Gasteiger partial charge in [-0.15, -0.1) is 0 Å². The summed E-state index contributed by atoms with van der Waals surface area (Å²) in [6.45, 7) is 2.98. The van der Waals surface area contributed by atoms with Gasteiger partial charge in [0.1, 0.15) is 6.61 Å². The largest absolute Gasteiger partial charge is 1.00 e. The molecular formula is C15H27Na2O8P. The predicted molar refractivity (Wildman–Crippen MR) is 82.7 cm³/mol. The molecule has 142 valence electrons. The molecule has 0 aromatic heterocycles. The first-order valence-corrected chi connectivity index (χ1v) is 9.76. The van der Waals surface area contributed by atoms with E-state index >= 15 is 0 Å². The molecule has 0 aromatic carbocycles. The summed E-state index contributed by atoms with van der Waals surface area (Å²) in [4.78, 5) is 44.3. The van der Waals surface area contributed by atoms with Crippen molar-refractivity contribution in [2.24, 2.45) is 0 Å². The van der Waals surface area contributed by atoms with E-state index in [1.165, 1.54) is 0 Å². The van der Waals surface area contributed by atoms with E-state index in [1.807, 2.05) is 13.8 Å². The van der Waals surface area contributed by atoms with Gasteiger partial charge in [0, 0.05) is 12.8 Å². The van der Waals surface area contributed by atoms with Crippen LogP contribution in [0.3, 0.4) is 0 Å². The molecule has 0 fully saturated rings. The average Bonchev–Trinajstić information content (AvgIpc) is 2.49. The molecule has 0 N–H and O–H groups in total. The second kappa shape index (κ2) is 19.4. The fourth-order valence-electron chi connectivity index (χ4n) is 1.83. The second-order valence-electron chi connectivity index (χ2n) is 5.45. The van der Waals surface area contributed by atoms with Crippen molar-refractivity contribution >= 4 is 19.8 Å². The number of hydrogen-bond acceptors (Lipinski definition) is 8. The Kier molecular flexibility index (Phi) is 23.6. The van der Waals surface area contributed by atoms with Crippen molar-refractivity contribution in [3.8, 4) is 0 Å². The number of rotatable bonds is 14. The van der Waals surface area contributed by atoms with Gasteiger partial charge in [-0.1, -0.05) is 39.5 Å². The summed E-state index contributed by atoms with van der Waals surface area (Å²) in [7, 11) is -5.19. The van der Waals surface area contributed by atoms with Crippen LogP contribution < -0.4 is 68.9 Å². The van der Waals surface area contributed by atoms with Gasteiger partial charge >= 0.3 is 71.1 Å². The Balaban J connectivity index is -0.00000264. The zero-order valence-corrected chi connectivity index (χ0v) is 21.3. The minimum Gasteiger partial charge on any atom is -0.790 e. The number of hydrogen-bond donors (Lipinski definition) is 0. The number of phosphoric ester groups is 1. The van der Waals surface area contributed by atoms with Crippen molar-refractivity contribution in [3.05, 3.63) is 0 Å². The van der Waals surface area contributed by atoms with E-state index in [2.05, 4.69) is 4.52 Å². The fraction of sp³-hybridized carbons (Fsp3) is 0.867. The molecule has 0 spiro atoms. The van der Waals surface area contributed by atoms with E-state index in [0.717, 1.165) is 25.7 Å². The monoisotopic (exact) mass is 412 g/mol. The maximum absolute atomic E-state index is 11.7. The molecule has 0 amide bonds. The summed E-state index contributed by atoms with van der Waals surface area (Å²) in [5, 5.41) is 0. The number of phosphoric acid groups is 1. The van der Waals surface area contributed by atoms with Crippen molar-refractivity contribution in [1.82, 2.24) is 0 Å². The standard InChI is InChI=1S/C15H29O8P.2Na/c1-3-5-7-9-14(16)21-11-13(12-22-24(18,19)20)23-15(17)10-8-6-4-2;;/h13H,3-12H2,1-2H3,(H2,18,19,20);;/q;2*+1/p-2/t13-;;/m1../s1. The van der Waals surface area contributed by atoms with Crippen molar-refractivity contribution in [2.75, 3.05) is 13.2 Å². The van der Waals surface area contributed by atoms with Gasteiger partial charge in [-0.3, -0.25) is 9.59 Å². The molecule has 0 rings (SSSR count). The number of unbranched alkanes of at least 4 members (excludes halogenated alkanes) is 4. The van der Waals surface area contributed by atoms with Crippen molar-refractivity contribution in [2.45, 2.75) is 71.3 Å². The minimum atomic E-state index is -5.19. The van der Waals surface area contributed by atoms with Gasteiger partial charge in [-0.05, 0) is 12.8 Å². The average molecular weight is 412 g/mol. The molecule has 26 heavy (non-hydrogen) atoms. The van der Waals surface area contributed by atoms with Crippen LogP contribution in [0.1, 0.15) is 65.2 Å². The molecule has 11 heteroatoms. The molecule has 8 nitrogen and oxygen atoms in total. The van der Waals surface area contributed by atoms with E-state index in [1.54, 1.807) is 0 Å². The molecule has 0 saturated carbocycles. The van der Waals surface area contributed by atoms with Gasteiger partial charge in [0.15, 0.2) is 6.10 Å². The van der Waals surface area contributed by atoms with Crippen LogP contribution in [0.2, 0.25) is 0 Å². The molecular weight excluding hydrogens is 385 g/mol. The van der Waals surface area contributed by atoms with Crippen molar-refractivity contribution < 1.29 is 97.1 Å². The fourth-order valence-corrected chi connectivity index (χ4v) is 2.18. The first kappa shape index (κ1) is 31.7. The van der Waals surface area contributed by atoms with Crippen LogP contribution in [0.25, 0.3) is 0 Å². The molecule has 0 unspecified atom stereocenters. The van der Waals surface area contributed by atoms with E-state index in [-0.39, 0.29) is 78.6 Å². The summed E-state index contributed by atoms with van der Waals surface area (Å²) in [6, 6.07) is 0. The van der Waals surface area contributed by atoms with Gasteiger partial charge in [0.25, 0.3) is 0 Å². The van der Waals surface area contributed by atoms with Gasteiger partial charge < -0.3 is 28.3 Å². The van der Waals surface area contributed by atoms with E-state index in [9.17, 15) is 23.9 Å². The van der Waals surface area contributed by atoms with E-state index in [4.69, 9.17) is 9.47 Å². The SMILES string of the molecule is CCCCCC(=O)OC[C@H](COP(=O)([O-])[O-])OC(=O)CCCCC.[Na+].[Na+]. The first-order valence-electron chi connectivity index (χ1n) is 8.30. The van der Waals surface area contributed by atoms with E-state index in [0.29, 0.717) is 12.8 Å². The molecule has 0 aliphatic carbocycles. The third kappa shape index (κ3) is 21.4. The van der Waals surface area contributed by atoms with Gasteiger partial charge in [-0.2, -0.15) is 0 Å². The van der Waals surface area contributed by atoms with Crippen LogP contribution in [0, 0.1) is 0 Å². The van der Waals surface area contributed by atoms with Crippen LogP contribution in [-0.4, -0.2) is 31.3 Å². The van der Waals surface area contributed by atoms with E-state index < -0.39 is 32.5 Å². The van der Waals surface area contributed by atoms with Gasteiger partial charge in [0.2, 0.25) is 0 Å². The Morgan fingerprint density at radius 2 is 1.38 bits per heavy atom. The zero-order valence-electron chi connectivity index (χ0n) is 16.4. The molecule has 0 radical (unpaired) electrons. The predicted octanol–water partition coefficient (Wildman–Crippen LogP) is -4.54. The number of carbonyl (C=O) groups is 2. The Labute approximate surface area is 199 Å². The van der Waals surface area contributed by atoms with Crippen LogP contribution in [0.4, 0.5) is 0 Å². The van der Waals surface area contributed by atoms with Crippen molar-refractivity contribution in [1.29, 1.82) is 0 Å². The Hall–Kier alpha value is 1.05. The van der Waals surface area contributed by atoms with Crippen LogP contribution >= 0.6 is 7.82 Å². The zero-order chi connectivity index (χ0) is 18.4. The third-order valence-electron chi connectivity index (χ3n) is 3.12. The summed E-state index contributed by atoms with van der Waals surface area (Å²) >= 11 is 0. The summed E-state index contributed by atoms with van der Waals surface area (Å²) < 4.78 is 24.7. The summed E-state index contributed by atoms with van der Waals surface area (Å²) in [5.74, 6) is -1.02. The molecule has 0 aromatic rings. The van der Waals surface area contributed by atoms with Gasteiger partial charge in [0.05, 0.1) is 14.4 Å². The topological polar surface area (TPSA) is 125 Å². The smallest absolute Gasteiger partial charge is 0.790 e. The summed E-state index contributed by atoms with van der Waals surface area (Å²) in [6.07, 6.45) is 4.25. The molecule has 0 saturated heterocycles. The van der Waals surface area contributed by atoms with Crippen LogP contribution in [0.5, 0.6) is 0 Å². The van der Waals surface area contributed by atoms with Crippen LogP contribution in [0.15, 0.2) is 0 Å². The molecule has 0 aliphatic rings. The minimum absolute atomic E-state index is 0. The summed E-state index contributed by atoms with van der Waals surface area (Å²) in [5.41, 5.74) is 0. The number of carbonyl (C=O) groups excluding carboxylic acids is 2. The molecule has 0 aliphatic heterocycles. The Morgan fingerprint density at radius 1 is 0.885 bits per heavy atom. The van der Waals surface area contributed by atoms with Crippen LogP contribution in [-0.2, 0) is 28.2 Å². The van der Waals surface area contributed by atoms with Gasteiger partial charge in [-0.25, -0.2) is 0 Å². The molecule has 0 bridgehead atoms. The normalized spacial score (nSPS) is 11.7. The second-order valence-corrected chi connectivity index (χ2v) is 6.60. The third-order valence-corrected chi connectivity index (χ3v) is 3.58. The Bertz CT molecular complexity index is 416. The van der Waals surface area contributed by atoms with Crippen molar-refractivity contribution in [3.63, 3.8) is 0 Å².